The molecule has 0 aromatic heterocycles. The number of Topliss-reactive ketones (excluding diaryl/α,β-unsaturated/α-hetero) is 2. The first-order valence-corrected chi connectivity index (χ1v) is 9.63. The molecule has 0 heterocycles. The van der Waals surface area contributed by atoms with Crippen molar-refractivity contribution in [3.8, 4) is 0 Å². The summed E-state index contributed by atoms with van der Waals surface area (Å²) >= 11 is 0. The highest BCUT2D eigenvalue weighted by atomic mass is 16.5. The Kier molecular flexibility index (Phi) is 6.25. The summed E-state index contributed by atoms with van der Waals surface area (Å²) < 4.78 is 5.57. The van der Waals surface area contributed by atoms with Gasteiger partial charge in [0.05, 0.1) is 0 Å². The number of ether oxygens (including phenoxy) is 1. The maximum Gasteiger partial charge on any atom is 0.303 e. The first kappa shape index (κ1) is 20.6. The smallest absolute Gasteiger partial charge is 0.303 e. The Balaban J connectivity index is 2.45. The van der Waals surface area contributed by atoms with Crippen molar-refractivity contribution in [2.24, 2.45) is 17.3 Å². The largest absolute Gasteiger partial charge is 0.458 e. The molecule has 2 saturated carbocycles. The lowest BCUT2D eigenvalue weighted by atomic mass is 9.71. The maximum atomic E-state index is 12.8. The molecular formula is C22H32O4. The average molecular weight is 360 g/mol. The Morgan fingerprint density at radius 1 is 1.15 bits per heavy atom. The molecule has 2 fully saturated rings. The normalized spacial score (nSPS) is 33.5. The van der Waals surface area contributed by atoms with Crippen LogP contribution in [-0.2, 0) is 19.1 Å². The first-order chi connectivity index (χ1) is 12.0. The van der Waals surface area contributed by atoms with Crippen LogP contribution in [0.5, 0.6) is 0 Å². The van der Waals surface area contributed by atoms with Crippen molar-refractivity contribution in [1.29, 1.82) is 0 Å². The fourth-order valence-corrected chi connectivity index (χ4v) is 4.62. The summed E-state index contributed by atoms with van der Waals surface area (Å²) in [7, 11) is 0. The Morgan fingerprint density at radius 2 is 1.81 bits per heavy atom. The molecule has 0 bridgehead atoms. The number of carbonyl (C=O) groups is 3. The van der Waals surface area contributed by atoms with Crippen molar-refractivity contribution >= 4 is 17.5 Å². The van der Waals surface area contributed by atoms with E-state index in [0.717, 1.165) is 29.6 Å². The van der Waals surface area contributed by atoms with E-state index in [1.165, 1.54) is 6.92 Å². The van der Waals surface area contributed by atoms with Gasteiger partial charge < -0.3 is 4.74 Å². The molecule has 2 aliphatic rings. The molecule has 0 saturated heterocycles. The van der Waals surface area contributed by atoms with Gasteiger partial charge in [-0.05, 0) is 62.0 Å². The minimum absolute atomic E-state index is 0.0218. The maximum absolute atomic E-state index is 12.8. The second-order valence-electron chi connectivity index (χ2n) is 8.63. The van der Waals surface area contributed by atoms with E-state index >= 15 is 0 Å². The predicted octanol–water partition coefficient (Wildman–Crippen LogP) is 4.58. The van der Waals surface area contributed by atoms with E-state index in [0.29, 0.717) is 25.7 Å². The molecule has 2 rings (SSSR count). The minimum Gasteiger partial charge on any atom is -0.458 e. The molecule has 4 unspecified atom stereocenters. The summed E-state index contributed by atoms with van der Waals surface area (Å²) in [6.45, 7) is 13.6. The Hall–Kier alpha value is -1.71. The molecule has 4 nitrogen and oxygen atoms in total. The van der Waals surface area contributed by atoms with Crippen molar-refractivity contribution in [3.05, 3.63) is 23.3 Å². The van der Waals surface area contributed by atoms with Crippen LogP contribution in [0.25, 0.3) is 0 Å². The van der Waals surface area contributed by atoms with E-state index in [9.17, 15) is 14.4 Å². The van der Waals surface area contributed by atoms with Crippen molar-refractivity contribution in [3.63, 3.8) is 0 Å². The van der Waals surface area contributed by atoms with Crippen LogP contribution in [0.3, 0.4) is 0 Å². The van der Waals surface area contributed by atoms with Gasteiger partial charge in [-0.1, -0.05) is 26.0 Å². The third kappa shape index (κ3) is 4.33. The summed E-state index contributed by atoms with van der Waals surface area (Å²) in [5, 5.41) is 0. The van der Waals surface area contributed by atoms with Crippen LogP contribution < -0.4 is 0 Å². The van der Waals surface area contributed by atoms with Crippen molar-refractivity contribution in [2.45, 2.75) is 79.2 Å². The number of allylic oxidation sites excluding steroid dienone is 2. The molecule has 0 N–H and O–H groups in total. The minimum atomic E-state index is -0.439. The molecule has 0 aromatic rings. The molecule has 2 aliphatic carbocycles. The van der Waals surface area contributed by atoms with Gasteiger partial charge in [-0.15, -0.1) is 0 Å². The quantitative estimate of drug-likeness (QED) is 0.390. The van der Waals surface area contributed by atoms with E-state index in [-0.39, 0.29) is 34.8 Å². The molecule has 0 aliphatic heterocycles. The molecule has 4 atom stereocenters. The molecule has 0 aromatic carbocycles. The van der Waals surface area contributed by atoms with E-state index in [2.05, 4.69) is 13.5 Å². The standard InChI is InChI=1S/C22H32O4/c1-13(2)21-17-9-7-14(3)18(24)10-8-15(4)20(26-16(5)23)12-22(17,6)11-19(21)25/h14,17,20H,4,7-12H2,1-3,5-6H3. The van der Waals surface area contributed by atoms with Gasteiger partial charge >= 0.3 is 5.97 Å². The molecule has 26 heavy (non-hydrogen) atoms. The Morgan fingerprint density at radius 3 is 2.38 bits per heavy atom. The number of rotatable bonds is 1. The van der Waals surface area contributed by atoms with Crippen LogP contribution >= 0.6 is 0 Å². The lowest BCUT2D eigenvalue weighted by Gasteiger charge is -2.35. The summed E-state index contributed by atoms with van der Waals surface area (Å²) in [5.74, 6) is 0.142. The van der Waals surface area contributed by atoms with E-state index < -0.39 is 6.10 Å². The lowest BCUT2D eigenvalue weighted by Crippen LogP contribution is -2.31. The number of hydrogen-bond donors (Lipinski definition) is 0. The second-order valence-corrected chi connectivity index (χ2v) is 8.63. The van der Waals surface area contributed by atoms with Gasteiger partial charge in [-0.25, -0.2) is 0 Å². The average Bonchev–Trinajstić information content (AvgIpc) is 2.77. The molecule has 144 valence electrons. The number of ketones is 2. The number of carbonyl (C=O) groups excluding carboxylic acids is 3. The predicted molar refractivity (Wildman–Crippen MR) is 102 cm³/mol. The molecule has 4 heteroatoms. The number of hydrogen-bond acceptors (Lipinski definition) is 4. The second kappa shape index (κ2) is 7.89. The van der Waals surface area contributed by atoms with Crippen LogP contribution in [0.2, 0.25) is 0 Å². The highest BCUT2D eigenvalue weighted by Gasteiger charge is 2.48. The van der Waals surface area contributed by atoms with Gasteiger partial charge in [0.25, 0.3) is 0 Å². The van der Waals surface area contributed by atoms with Gasteiger partial charge in [0.1, 0.15) is 11.9 Å². The zero-order valence-corrected chi connectivity index (χ0v) is 16.8. The first-order valence-electron chi connectivity index (χ1n) is 9.63. The molecule has 0 amide bonds. The topological polar surface area (TPSA) is 60.4 Å². The van der Waals surface area contributed by atoms with Crippen molar-refractivity contribution < 1.29 is 19.1 Å². The van der Waals surface area contributed by atoms with E-state index in [1.807, 2.05) is 20.8 Å². The Bertz CT molecular complexity index is 653. The van der Waals surface area contributed by atoms with Gasteiger partial charge in [-0.3, -0.25) is 14.4 Å². The third-order valence-electron chi connectivity index (χ3n) is 6.14. The van der Waals surface area contributed by atoms with Gasteiger partial charge in [0, 0.05) is 25.7 Å². The SMILES string of the molecule is C=C1CCC(=O)C(C)CCC2C(=C(C)C)C(=O)CC2(C)CC1OC(C)=O. The summed E-state index contributed by atoms with van der Waals surface area (Å²) in [5.41, 5.74) is 2.47. The third-order valence-corrected chi connectivity index (χ3v) is 6.14. The number of esters is 1. The highest BCUT2D eigenvalue weighted by Crippen LogP contribution is 2.52. The van der Waals surface area contributed by atoms with E-state index in [1.54, 1.807) is 0 Å². The monoisotopic (exact) mass is 360 g/mol. The fourth-order valence-electron chi connectivity index (χ4n) is 4.62. The molecule has 0 radical (unpaired) electrons. The summed E-state index contributed by atoms with van der Waals surface area (Å²) in [6, 6.07) is 0. The van der Waals surface area contributed by atoms with Crippen LogP contribution in [0, 0.1) is 17.3 Å². The van der Waals surface area contributed by atoms with Crippen LogP contribution in [0.4, 0.5) is 0 Å². The van der Waals surface area contributed by atoms with Crippen molar-refractivity contribution in [2.75, 3.05) is 0 Å². The zero-order chi connectivity index (χ0) is 19.6. The fraction of sp³-hybridized carbons (Fsp3) is 0.682. The van der Waals surface area contributed by atoms with Gasteiger partial charge in [-0.2, -0.15) is 0 Å². The van der Waals surface area contributed by atoms with Gasteiger partial charge in [0.15, 0.2) is 5.78 Å². The number of fused-ring (bicyclic) bond motifs is 1. The summed E-state index contributed by atoms with van der Waals surface area (Å²) in [6.07, 6.45) is 3.18. The van der Waals surface area contributed by atoms with E-state index in [4.69, 9.17) is 4.74 Å². The van der Waals surface area contributed by atoms with Crippen LogP contribution in [0.1, 0.15) is 73.1 Å². The summed E-state index contributed by atoms with van der Waals surface area (Å²) in [4.78, 5) is 36.8. The highest BCUT2D eigenvalue weighted by molar-refractivity contribution is 5.99. The van der Waals surface area contributed by atoms with Crippen LogP contribution in [0.15, 0.2) is 23.3 Å². The molecular weight excluding hydrogens is 328 g/mol. The molecule has 0 spiro atoms. The zero-order valence-electron chi connectivity index (χ0n) is 16.8. The van der Waals surface area contributed by atoms with Crippen molar-refractivity contribution in [1.82, 2.24) is 0 Å². The Labute approximate surface area is 157 Å². The lowest BCUT2D eigenvalue weighted by molar-refractivity contribution is -0.146. The van der Waals surface area contributed by atoms with Crippen LogP contribution in [-0.4, -0.2) is 23.6 Å². The van der Waals surface area contributed by atoms with Gasteiger partial charge in [0.2, 0.25) is 0 Å².